The number of benzene rings is 2. The van der Waals surface area contributed by atoms with Crippen LogP contribution >= 0.6 is 11.6 Å². The van der Waals surface area contributed by atoms with E-state index >= 15 is 0 Å². The first-order valence-corrected chi connectivity index (χ1v) is 12.0. The predicted molar refractivity (Wildman–Crippen MR) is 115 cm³/mol. The lowest BCUT2D eigenvalue weighted by atomic mass is 9.84. The second kappa shape index (κ2) is 8.19. The Balaban J connectivity index is 1.48. The van der Waals surface area contributed by atoms with Crippen molar-refractivity contribution in [2.75, 3.05) is 4.72 Å². The molecule has 5 nitrogen and oxygen atoms in total. The van der Waals surface area contributed by atoms with Gasteiger partial charge in [-0.2, -0.15) is 0 Å². The maximum Gasteiger partial charge on any atom is 0.261 e. The van der Waals surface area contributed by atoms with E-state index in [9.17, 15) is 17.6 Å². The van der Waals surface area contributed by atoms with Gasteiger partial charge in [-0.05, 0) is 86.4 Å². The Morgan fingerprint density at radius 2 is 1.87 bits per heavy atom. The topological polar surface area (TPSA) is 75.3 Å². The fourth-order valence-electron chi connectivity index (χ4n) is 4.87. The molecule has 0 aliphatic heterocycles. The van der Waals surface area contributed by atoms with E-state index in [0.717, 1.165) is 24.5 Å². The van der Waals surface area contributed by atoms with E-state index < -0.39 is 15.8 Å². The van der Waals surface area contributed by atoms with Crippen LogP contribution in [0.15, 0.2) is 47.4 Å². The summed E-state index contributed by atoms with van der Waals surface area (Å²) >= 11 is 6.15. The van der Waals surface area contributed by atoms with Crippen molar-refractivity contribution < 1.29 is 17.6 Å². The molecule has 2 aliphatic carbocycles. The second-order valence-electron chi connectivity index (χ2n) is 8.35. The minimum atomic E-state index is -3.97. The first-order chi connectivity index (χ1) is 14.2. The highest BCUT2D eigenvalue weighted by atomic mass is 35.5. The van der Waals surface area contributed by atoms with Crippen LogP contribution in [0.2, 0.25) is 5.02 Å². The zero-order chi connectivity index (χ0) is 21.5. The molecule has 0 aromatic heterocycles. The number of sulfonamides is 1. The molecule has 2 aromatic carbocycles. The van der Waals surface area contributed by atoms with Crippen molar-refractivity contribution in [3.63, 3.8) is 0 Å². The Bertz CT molecular complexity index is 1060. The first kappa shape index (κ1) is 21.1. The zero-order valence-electron chi connectivity index (χ0n) is 16.6. The first-order valence-electron chi connectivity index (χ1n) is 10.1. The Morgan fingerprint density at radius 1 is 1.13 bits per heavy atom. The highest BCUT2D eigenvalue weighted by Gasteiger charge is 2.42. The van der Waals surface area contributed by atoms with Crippen molar-refractivity contribution in [1.29, 1.82) is 0 Å². The van der Waals surface area contributed by atoms with Crippen LogP contribution in [0.1, 0.15) is 43.0 Å². The average molecular weight is 451 g/mol. The lowest BCUT2D eigenvalue weighted by molar-refractivity contribution is 0.0915. The van der Waals surface area contributed by atoms with Gasteiger partial charge in [0.1, 0.15) is 5.82 Å². The summed E-state index contributed by atoms with van der Waals surface area (Å²) in [7, 11) is -3.97. The molecule has 0 spiro atoms. The Kier molecular flexibility index (Phi) is 5.77. The minimum Gasteiger partial charge on any atom is -0.349 e. The van der Waals surface area contributed by atoms with E-state index in [1.165, 1.54) is 43.5 Å². The predicted octanol–water partition coefficient (Wildman–Crippen LogP) is 4.83. The smallest absolute Gasteiger partial charge is 0.261 e. The molecule has 2 aromatic rings. The molecule has 4 unspecified atom stereocenters. The van der Waals surface area contributed by atoms with Crippen molar-refractivity contribution in [2.24, 2.45) is 17.8 Å². The lowest BCUT2D eigenvalue weighted by Crippen LogP contribution is -2.40. The highest BCUT2D eigenvalue weighted by Crippen LogP contribution is 2.49. The van der Waals surface area contributed by atoms with Crippen molar-refractivity contribution in [3.8, 4) is 0 Å². The van der Waals surface area contributed by atoms with Gasteiger partial charge in [0.25, 0.3) is 15.9 Å². The van der Waals surface area contributed by atoms with Gasteiger partial charge >= 0.3 is 0 Å². The summed E-state index contributed by atoms with van der Waals surface area (Å²) in [6.45, 7) is 2.04. The number of carbonyl (C=O) groups excluding carboxylic acids is 1. The molecule has 4 rings (SSSR count). The molecule has 2 saturated carbocycles. The zero-order valence-corrected chi connectivity index (χ0v) is 18.1. The molecule has 1 amide bonds. The van der Waals surface area contributed by atoms with Crippen LogP contribution in [-0.2, 0) is 10.0 Å². The van der Waals surface area contributed by atoms with Crippen LogP contribution in [0.25, 0.3) is 0 Å². The van der Waals surface area contributed by atoms with Crippen molar-refractivity contribution >= 4 is 33.2 Å². The Morgan fingerprint density at radius 3 is 2.50 bits per heavy atom. The summed E-state index contributed by atoms with van der Waals surface area (Å²) in [4.78, 5) is 12.7. The normalized spacial score (nSPS) is 23.9. The van der Waals surface area contributed by atoms with Gasteiger partial charge in [0.15, 0.2) is 0 Å². The summed E-state index contributed by atoms with van der Waals surface area (Å²) in [5, 5.41) is 3.23. The molecule has 2 aliphatic rings. The van der Waals surface area contributed by atoms with Gasteiger partial charge in [-0.1, -0.05) is 18.0 Å². The van der Waals surface area contributed by atoms with E-state index in [0.29, 0.717) is 17.4 Å². The van der Waals surface area contributed by atoms with E-state index in [1.54, 1.807) is 6.07 Å². The molecule has 2 bridgehead atoms. The standard InChI is InChI=1S/C22H24ClFN2O3S/c1-13(19-11-14-2-3-15(19)10-14)25-22(27)16-4-9-20(23)21(12-16)26-30(28,29)18-7-5-17(24)6-8-18/h4-9,12-15,19,26H,2-3,10-11H2,1H3,(H,25,27). The lowest BCUT2D eigenvalue weighted by Gasteiger charge is -2.28. The number of nitrogens with one attached hydrogen (secondary N) is 2. The van der Waals surface area contributed by atoms with Gasteiger partial charge in [-0.15, -0.1) is 0 Å². The van der Waals surface area contributed by atoms with Gasteiger partial charge in [0.05, 0.1) is 15.6 Å². The third-order valence-corrected chi connectivity index (χ3v) is 8.10. The Labute approximate surface area is 181 Å². The van der Waals surface area contributed by atoms with E-state index in [1.807, 2.05) is 6.92 Å². The van der Waals surface area contributed by atoms with Crippen LogP contribution in [0.3, 0.4) is 0 Å². The molecule has 2 fully saturated rings. The maximum atomic E-state index is 13.1. The van der Waals surface area contributed by atoms with Gasteiger partial charge in [-0.3, -0.25) is 9.52 Å². The molecule has 0 heterocycles. The summed E-state index contributed by atoms with van der Waals surface area (Å²) in [5.74, 6) is 1.19. The minimum absolute atomic E-state index is 0.0582. The SMILES string of the molecule is CC(NC(=O)c1ccc(Cl)c(NS(=O)(=O)c2ccc(F)cc2)c1)C1CC2CCC1C2. The van der Waals surface area contributed by atoms with Crippen LogP contribution in [-0.4, -0.2) is 20.4 Å². The molecule has 0 radical (unpaired) electrons. The van der Waals surface area contributed by atoms with Crippen molar-refractivity contribution in [2.45, 2.75) is 43.5 Å². The summed E-state index contributed by atoms with van der Waals surface area (Å²) in [6.07, 6.45) is 4.97. The number of fused-ring (bicyclic) bond motifs is 2. The number of hydrogen-bond acceptors (Lipinski definition) is 3. The molecule has 30 heavy (non-hydrogen) atoms. The van der Waals surface area contributed by atoms with Gasteiger partial charge in [-0.25, -0.2) is 12.8 Å². The molecule has 2 N–H and O–H groups in total. The number of rotatable bonds is 6. The molecular weight excluding hydrogens is 427 g/mol. The van der Waals surface area contributed by atoms with Gasteiger partial charge < -0.3 is 5.32 Å². The summed E-state index contributed by atoms with van der Waals surface area (Å²) in [6, 6.07) is 9.00. The molecule has 8 heteroatoms. The number of anilines is 1. The van der Waals surface area contributed by atoms with Crippen LogP contribution < -0.4 is 10.0 Å². The third kappa shape index (κ3) is 4.32. The van der Waals surface area contributed by atoms with Gasteiger partial charge in [0.2, 0.25) is 0 Å². The van der Waals surface area contributed by atoms with Crippen LogP contribution in [0.4, 0.5) is 10.1 Å². The van der Waals surface area contributed by atoms with Gasteiger partial charge in [0, 0.05) is 11.6 Å². The molecular formula is C22H24ClFN2O3S. The monoisotopic (exact) mass is 450 g/mol. The van der Waals surface area contributed by atoms with E-state index in [2.05, 4.69) is 10.0 Å². The summed E-state index contributed by atoms with van der Waals surface area (Å²) in [5.41, 5.74) is 0.424. The second-order valence-corrected chi connectivity index (χ2v) is 10.4. The number of halogens is 2. The summed E-state index contributed by atoms with van der Waals surface area (Å²) < 4.78 is 40.6. The van der Waals surface area contributed by atoms with Crippen LogP contribution in [0.5, 0.6) is 0 Å². The maximum absolute atomic E-state index is 13.1. The fraction of sp³-hybridized carbons (Fsp3) is 0.409. The number of hydrogen-bond donors (Lipinski definition) is 2. The molecule has 160 valence electrons. The number of amides is 1. The fourth-order valence-corrected chi connectivity index (χ4v) is 6.16. The van der Waals surface area contributed by atoms with Crippen molar-refractivity contribution in [3.05, 3.63) is 58.9 Å². The van der Waals surface area contributed by atoms with Crippen LogP contribution in [0, 0.1) is 23.6 Å². The van der Waals surface area contributed by atoms with E-state index in [4.69, 9.17) is 11.6 Å². The molecule has 4 atom stereocenters. The molecule has 0 saturated heterocycles. The average Bonchev–Trinajstić information content (AvgIpc) is 3.33. The number of carbonyl (C=O) groups is 1. The highest BCUT2D eigenvalue weighted by molar-refractivity contribution is 7.92. The quantitative estimate of drug-likeness (QED) is 0.661. The van der Waals surface area contributed by atoms with Crippen molar-refractivity contribution in [1.82, 2.24) is 5.32 Å². The third-order valence-electron chi connectivity index (χ3n) is 6.39. The van der Waals surface area contributed by atoms with E-state index in [-0.39, 0.29) is 27.6 Å². The Hall–Kier alpha value is -2.12. The largest absolute Gasteiger partial charge is 0.349 e.